The van der Waals surface area contributed by atoms with E-state index in [9.17, 15) is 18.8 Å². The molecule has 0 amide bonds. The fourth-order valence-corrected chi connectivity index (χ4v) is 1.82. The summed E-state index contributed by atoms with van der Waals surface area (Å²) in [6.07, 6.45) is 1.29. The molecule has 0 bridgehead atoms. The highest BCUT2D eigenvalue weighted by Gasteiger charge is 2.12. The van der Waals surface area contributed by atoms with Gasteiger partial charge in [-0.1, -0.05) is 0 Å². The van der Waals surface area contributed by atoms with E-state index in [0.717, 1.165) is 10.6 Å². The van der Waals surface area contributed by atoms with Crippen LogP contribution in [0.3, 0.4) is 0 Å². The summed E-state index contributed by atoms with van der Waals surface area (Å²) in [6, 6.07) is 3.79. The fraction of sp³-hybridized carbons (Fsp3) is 0.214. The zero-order valence-electron chi connectivity index (χ0n) is 11.5. The van der Waals surface area contributed by atoms with Crippen molar-refractivity contribution < 1.29 is 13.9 Å². The molecule has 0 saturated carbocycles. The quantitative estimate of drug-likeness (QED) is 0.848. The van der Waals surface area contributed by atoms with Crippen molar-refractivity contribution in [3.63, 3.8) is 0 Å². The number of aromatic nitrogens is 2. The van der Waals surface area contributed by atoms with E-state index in [-0.39, 0.29) is 17.9 Å². The van der Waals surface area contributed by atoms with Crippen LogP contribution in [0.2, 0.25) is 0 Å². The number of nitrogens with one attached hydrogen (secondary N) is 1. The van der Waals surface area contributed by atoms with Crippen LogP contribution in [0.15, 0.2) is 34.0 Å². The van der Waals surface area contributed by atoms with Gasteiger partial charge in [-0.3, -0.25) is 19.1 Å². The topological polar surface area (TPSA) is 81.2 Å². The van der Waals surface area contributed by atoms with Crippen molar-refractivity contribution in [2.75, 3.05) is 7.11 Å². The van der Waals surface area contributed by atoms with Crippen molar-refractivity contribution in [1.29, 1.82) is 0 Å². The van der Waals surface area contributed by atoms with Gasteiger partial charge in [0.05, 0.1) is 13.7 Å². The monoisotopic (exact) mass is 292 g/mol. The Labute approximate surface area is 118 Å². The van der Waals surface area contributed by atoms with E-state index < -0.39 is 22.8 Å². The van der Waals surface area contributed by atoms with Crippen molar-refractivity contribution in [3.8, 4) is 5.75 Å². The number of methoxy groups -OCH3 is 1. The number of aryl methyl sites for hydroxylation is 1. The summed E-state index contributed by atoms with van der Waals surface area (Å²) < 4.78 is 19.4. The smallest absolute Gasteiger partial charge is 0.328 e. The molecule has 7 heteroatoms. The van der Waals surface area contributed by atoms with E-state index in [1.165, 1.54) is 32.4 Å². The van der Waals surface area contributed by atoms with Gasteiger partial charge >= 0.3 is 5.69 Å². The van der Waals surface area contributed by atoms with Gasteiger partial charge in [-0.15, -0.1) is 0 Å². The van der Waals surface area contributed by atoms with Gasteiger partial charge in [-0.05, 0) is 25.1 Å². The summed E-state index contributed by atoms with van der Waals surface area (Å²) >= 11 is 0. The minimum absolute atomic E-state index is 0.0311. The van der Waals surface area contributed by atoms with Crippen LogP contribution in [-0.2, 0) is 6.54 Å². The van der Waals surface area contributed by atoms with Crippen LogP contribution in [0.5, 0.6) is 5.75 Å². The number of Topliss-reactive ketones (excluding diaryl/α,β-unsaturated/α-hetero) is 1. The molecule has 1 heterocycles. The molecule has 0 aliphatic rings. The van der Waals surface area contributed by atoms with Crippen LogP contribution >= 0.6 is 0 Å². The van der Waals surface area contributed by atoms with E-state index in [4.69, 9.17) is 4.74 Å². The van der Waals surface area contributed by atoms with Crippen LogP contribution in [0, 0.1) is 12.7 Å². The van der Waals surface area contributed by atoms with Crippen molar-refractivity contribution in [2.45, 2.75) is 13.5 Å². The summed E-state index contributed by atoms with van der Waals surface area (Å²) in [4.78, 5) is 37.0. The van der Waals surface area contributed by atoms with Crippen molar-refractivity contribution in [2.24, 2.45) is 0 Å². The zero-order valence-corrected chi connectivity index (χ0v) is 11.5. The van der Waals surface area contributed by atoms with Crippen LogP contribution in [-0.4, -0.2) is 22.4 Å². The number of hydrogen-bond acceptors (Lipinski definition) is 4. The molecule has 0 spiro atoms. The molecular weight excluding hydrogens is 279 g/mol. The fourth-order valence-electron chi connectivity index (χ4n) is 1.82. The first-order valence-electron chi connectivity index (χ1n) is 6.09. The molecule has 0 unspecified atom stereocenters. The number of benzene rings is 1. The van der Waals surface area contributed by atoms with Gasteiger partial charge in [0.15, 0.2) is 17.3 Å². The van der Waals surface area contributed by atoms with Crippen molar-refractivity contribution >= 4 is 5.78 Å². The third-order valence-electron chi connectivity index (χ3n) is 2.98. The lowest BCUT2D eigenvalue weighted by atomic mass is 10.1. The summed E-state index contributed by atoms with van der Waals surface area (Å²) in [5, 5.41) is 0. The van der Waals surface area contributed by atoms with Crippen molar-refractivity contribution in [1.82, 2.24) is 9.55 Å². The predicted molar refractivity (Wildman–Crippen MR) is 73.3 cm³/mol. The Kier molecular flexibility index (Phi) is 4.02. The van der Waals surface area contributed by atoms with Crippen molar-refractivity contribution in [3.05, 3.63) is 62.2 Å². The van der Waals surface area contributed by atoms with Gasteiger partial charge in [0.2, 0.25) is 0 Å². The number of aromatic amines is 1. The SMILES string of the molecule is COc1ccc(C(=O)Cn2cc(C)c(=O)[nH]c2=O)cc1F. The second-order valence-corrected chi connectivity index (χ2v) is 4.47. The van der Waals surface area contributed by atoms with Gasteiger partial charge in [-0.25, -0.2) is 9.18 Å². The number of nitrogens with zero attached hydrogens (tertiary/aromatic N) is 1. The maximum Gasteiger partial charge on any atom is 0.328 e. The van der Waals surface area contributed by atoms with Gasteiger partial charge in [0.1, 0.15) is 0 Å². The lowest BCUT2D eigenvalue weighted by Gasteiger charge is -2.07. The Bertz CT molecular complexity index is 807. The third kappa shape index (κ3) is 3.07. The predicted octanol–water partition coefficient (Wildman–Crippen LogP) is 0.876. The Morgan fingerprint density at radius 1 is 1.38 bits per heavy atom. The first kappa shape index (κ1) is 14.7. The molecule has 1 aromatic carbocycles. The first-order valence-corrected chi connectivity index (χ1v) is 6.09. The number of ketones is 1. The summed E-state index contributed by atoms with van der Waals surface area (Å²) in [5.74, 6) is -1.08. The Morgan fingerprint density at radius 3 is 2.71 bits per heavy atom. The Balaban J connectivity index is 2.30. The molecule has 2 aromatic rings. The molecule has 0 fully saturated rings. The molecule has 110 valence electrons. The van der Waals surface area contributed by atoms with Crippen LogP contribution in [0.25, 0.3) is 0 Å². The lowest BCUT2D eigenvalue weighted by molar-refractivity contribution is 0.0969. The van der Waals surface area contributed by atoms with Gasteiger partial charge < -0.3 is 4.74 Å². The van der Waals surface area contributed by atoms with E-state index >= 15 is 0 Å². The summed E-state index contributed by atoms with van der Waals surface area (Å²) in [7, 11) is 1.32. The van der Waals surface area contributed by atoms with E-state index in [1.807, 2.05) is 0 Å². The molecule has 2 rings (SSSR count). The lowest BCUT2D eigenvalue weighted by Crippen LogP contribution is -2.32. The number of carbonyl (C=O) groups is 1. The van der Waals surface area contributed by atoms with Crippen LogP contribution in [0.1, 0.15) is 15.9 Å². The number of carbonyl (C=O) groups excluding carboxylic acids is 1. The Hall–Kier alpha value is -2.70. The highest BCUT2D eigenvalue weighted by molar-refractivity contribution is 5.96. The van der Waals surface area contributed by atoms with Gasteiger partial charge in [0.25, 0.3) is 5.56 Å². The van der Waals surface area contributed by atoms with E-state index in [1.54, 1.807) is 0 Å². The minimum atomic E-state index is -0.687. The molecule has 0 atom stereocenters. The average molecular weight is 292 g/mol. The number of ether oxygens (including phenoxy) is 1. The normalized spacial score (nSPS) is 10.4. The van der Waals surface area contributed by atoms with Gasteiger partial charge in [-0.2, -0.15) is 0 Å². The van der Waals surface area contributed by atoms with Crippen LogP contribution in [0.4, 0.5) is 4.39 Å². The average Bonchev–Trinajstić information content (AvgIpc) is 2.44. The number of H-pyrrole nitrogens is 1. The maximum atomic E-state index is 13.6. The van der Waals surface area contributed by atoms with E-state index in [0.29, 0.717) is 5.56 Å². The molecule has 0 aliphatic carbocycles. The molecule has 21 heavy (non-hydrogen) atoms. The van der Waals surface area contributed by atoms with Crippen LogP contribution < -0.4 is 16.0 Å². The Morgan fingerprint density at radius 2 is 2.10 bits per heavy atom. The molecule has 0 aliphatic heterocycles. The zero-order chi connectivity index (χ0) is 15.6. The highest BCUT2D eigenvalue weighted by Crippen LogP contribution is 2.18. The number of halogens is 1. The highest BCUT2D eigenvalue weighted by atomic mass is 19.1. The molecule has 6 nitrogen and oxygen atoms in total. The number of hydrogen-bond donors (Lipinski definition) is 1. The minimum Gasteiger partial charge on any atom is -0.494 e. The third-order valence-corrected chi connectivity index (χ3v) is 2.98. The van der Waals surface area contributed by atoms with E-state index in [2.05, 4.69) is 4.98 Å². The van der Waals surface area contributed by atoms with Gasteiger partial charge in [0, 0.05) is 17.3 Å². The molecule has 1 N–H and O–H groups in total. The number of rotatable bonds is 4. The maximum absolute atomic E-state index is 13.6. The molecule has 0 saturated heterocycles. The summed E-state index contributed by atoms with van der Waals surface area (Å²) in [6.45, 7) is 1.23. The summed E-state index contributed by atoms with van der Waals surface area (Å²) in [5.41, 5.74) is -0.764. The second-order valence-electron chi connectivity index (χ2n) is 4.47. The second kappa shape index (κ2) is 5.74. The first-order chi connectivity index (χ1) is 9.92. The molecule has 1 aromatic heterocycles. The largest absolute Gasteiger partial charge is 0.494 e. The molecular formula is C14H13FN2O4. The molecule has 0 radical (unpaired) electrons. The standard InChI is InChI=1S/C14H13FN2O4/c1-8-6-17(14(20)16-13(8)19)7-11(18)9-3-4-12(21-2)10(15)5-9/h3-6H,7H2,1-2H3,(H,16,19,20).